The van der Waals surface area contributed by atoms with Crippen molar-refractivity contribution in [3.8, 4) is 17.3 Å². The summed E-state index contributed by atoms with van der Waals surface area (Å²) >= 11 is 0. The minimum atomic E-state index is -0.305. The highest BCUT2D eigenvalue weighted by atomic mass is 16.5. The molecule has 1 fully saturated rings. The number of aromatic nitrogens is 2. The van der Waals surface area contributed by atoms with Gasteiger partial charge < -0.3 is 10.1 Å². The SMILES string of the molecule is CC(C)(C)NC(=O)c1cccc(-c2nn(C3CCC(C#N)CO3)c3ccccc23)c1. The van der Waals surface area contributed by atoms with E-state index in [1.54, 1.807) is 0 Å². The van der Waals surface area contributed by atoms with Gasteiger partial charge in [-0.2, -0.15) is 10.4 Å². The van der Waals surface area contributed by atoms with E-state index in [0.717, 1.165) is 35.0 Å². The molecule has 1 amide bonds. The summed E-state index contributed by atoms with van der Waals surface area (Å²) in [6.45, 7) is 6.31. The number of para-hydroxylation sites is 1. The Morgan fingerprint density at radius 3 is 2.70 bits per heavy atom. The van der Waals surface area contributed by atoms with E-state index in [4.69, 9.17) is 15.1 Å². The lowest BCUT2D eigenvalue weighted by molar-refractivity contribution is -0.0515. The zero-order chi connectivity index (χ0) is 21.3. The van der Waals surface area contributed by atoms with Gasteiger partial charge in [-0.15, -0.1) is 0 Å². The summed E-state index contributed by atoms with van der Waals surface area (Å²) in [5.41, 5.74) is 2.99. The number of hydrogen-bond acceptors (Lipinski definition) is 4. The third-order valence-electron chi connectivity index (χ3n) is 5.21. The van der Waals surface area contributed by atoms with Crippen LogP contribution in [0, 0.1) is 17.2 Å². The Balaban J connectivity index is 1.71. The fourth-order valence-electron chi connectivity index (χ4n) is 3.77. The summed E-state index contributed by atoms with van der Waals surface area (Å²) in [7, 11) is 0. The molecule has 1 aliphatic heterocycles. The van der Waals surface area contributed by atoms with Crippen LogP contribution in [-0.4, -0.2) is 27.8 Å². The van der Waals surface area contributed by atoms with Crippen LogP contribution < -0.4 is 5.32 Å². The topological polar surface area (TPSA) is 79.9 Å². The second-order valence-electron chi connectivity index (χ2n) is 8.79. The molecule has 0 radical (unpaired) electrons. The number of nitrogens with zero attached hydrogens (tertiary/aromatic N) is 3. The van der Waals surface area contributed by atoms with Gasteiger partial charge in [0.15, 0.2) is 6.23 Å². The molecular weight excluding hydrogens is 376 g/mol. The zero-order valence-electron chi connectivity index (χ0n) is 17.6. The van der Waals surface area contributed by atoms with Gasteiger partial charge in [0.2, 0.25) is 0 Å². The van der Waals surface area contributed by atoms with Gasteiger partial charge in [-0.25, -0.2) is 4.68 Å². The van der Waals surface area contributed by atoms with Crippen LogP contribution in [0.25, 0.3) is 22.2 Å². The van der Waals surface area contributed by atoms with E-state index in [0.29, 0.717) is 12.2 Å². The van der Waals surface area contributed by atoms with E-state index in [1.807, 2.05) is 74.0 Å². The van der Waals surface area contributed by atoms with Crippen LogP contribution in [0.4, 0.5) is 0 Å². The summed E-state index contributed by atoms with van der Waals surface area (Å²) in [4.78, 5) is 12.6. The molecule has 1 aliphatic rings. The van der Waals surface area contributed by atoms with Gasteiger partial charge >= 0.3 is 0 Å². The highest BCUT2D eigenvalue weighted by molar-refractivity contribution is 5.98. The molecule has 2 unspecified atom stereocenters. The van der Waals surface area contributed by atoms with Gasteiger partial charge in [-0.3, -0.25) is 4.79 Å². The maximum absolute atomic E-state index is 12.6. The summed E-state index contributed by atoms with van der Waals surface area (Å²) in [5.74, 6) is -0.160. The van der Waals surface area contributed by atoms with Crippen LogP contribution in [0.15, 0.2) is 48.5 Å². The number of fused-ring (bicyclic) bond motifs is 1. The molecule has 2 atom stereocenters. The molecule has 154 valence electrons. The van der Waals surface area contributed by atoms with Crippen molar-refractivity contribution >= 4 is 16.8 Å². The lowest BCUT2D eigenvalue weighted by Crippen LogP contribution is -2.40. The number of nitriles is 1. The van der Waals surface area contributed by atoms with Crippen molar-refractivity contribution in [1.82, 2.24) is 15.1 Å². The minimum Gasteiger partial charge on any atom is -0.355 e. The van der Waals surface area contributed by atoms with Crippen molar-refractivity contribution in [3.05, 3.63) is 54.1 Å². The second kappa shape index (κ2) is 7.92. The lowest BCUT2D eigenvalue weighted by atomic mass is 10.0. The summed E-state index contributed by atoms with van der Waals surface area (Å²) in [5, 5.41) is 18.0. The predicted octanol–water partition coefficient (Wildman–Crippen LogP) is 4.68. The standard InChI is InChI=1S/C24H26N4O2/c1-24(2,3)26-23(29)18-8-6-7-17(13-18)22-19-9-4-5-10-20(19)28(27-22)21-12-11-16(14-25)15-30-21/h4-10,13,16,21H,11-12,15H2,1-3H3,(H,26,29). The smallest absolute Gasteiger partial charge is 0.251 e. The fraction of sp³-hybridized carbons (Fsp3) is 0.375. The third kappa shape index (κ3) is 4.07. The van der Waals surface area contributed by atoms with Gasteiger partial charge in [0, 0.05) is 22.1 Å². The Bertz CT molecular complexity index is 1110. The molecule has 0 bridgehead atoms. The number of rotatable bonds is 3. The van der Waals surface area contributed by atoms with E-state index in [1.165, 1.54) is 0 Å². The number of ether oxygens (including phenoxy) is 1. The molecule has 0 saturated carbocycles. The molecular formula is C24H26N4O2. The molecule has 6 heteroatoms. The Kier molecular flexibility index (Phi) is 5.31. The Hall–Kier alpha value is -3.17. The van der Waals surface area contributed by atoms with Crippen LogP contribution in [0.3, 0.4) is 0 Å². The number of hydrogen-bond donors (Lipinski definition) is 1. The van der Waals surface area contributed by atoms with Crippen LogP contribution in [-0.2, 0) is 4.74 Å². The maximum atomic E-state index is 12.6. The van der Waals surface area contributed by atoms with Crippen molar-refractivity contribution in [1.29, 1.82) is 5.26 Å². The van der Waals surface area contributed by atoms with E-state index in [9.17, 15) is 4.79 Å². The van der Waals surface area contributed by atoms with Gasteiger partial charge in [0.25, 0.3) is 5.91 Å². The van der Waals surface area contributed by atoms with E-state index >= 15 is 0 Å². The molecule has 3 aromatic rings. The van der Waals surface area contributed by atoms with Crippen molar-refractivity contribution in [2.45, 2.75) is 45.4 Å². The average molecular weight is 402 g/mol. The van der Waals surface area contributed by atoms with Crippen molar-refractivity contribution in [3.63, 3.8) is 0 Å². The first-order valence-corrected chi connectivity index (χ1v) is 10.3. The number of carbonyl (C=O) groups excluding carboxylic acids is 1. The van der Waals surface area contributed by atoms with Gasteiger partial charge in [-0.1, -0.05) is 30.3 Å². The minimum absolute atomic E-state index is 0.0550. The molecule has 30 heavy (non-hydrogen) atoms. The molecule has 0 aliphatic carbocycles. The van der Waals surface area contributed by atoms with Gasteiger partial charge in [0.1, 0.15) is 5.69 Å². The van der Waals surface area contributed by atoms with Crippen LogP contribution in [0.2, 0.25) is 0 Å². The number of amides is 1. The Labute approximate surface area is 176 Å². The van der Waals surface area contributed by atoms with Crippen molar-refractivity contribution in [2.75, 3.05) is 6.61 Å². The van der Waals surface area contributed by atoms with Crippen molar-refractivity contribution in [2.24, 2.45) is 5.92 Å². The van der Waals surface area contributed by atoms with E-state index < -0.39 is 0 Å². The van der Waals surface area contributed by atoms with Gasteiger partial charge in [0.05, 0.1) is 24.1 Å². The second-order valence-corrected chi connectivity index (χ2v) is 8.79. The summed E-state index contributed by atoms with van der Waals surface area (Å²) < 4.78 is 7.87. The lowest BCUT2D eigenvalue weighted by Gasteiger charge is -2.26. The molecule has 1 N–H and O–H groups in total. The third-order valence-corrected chi connectivity index (χ3v) is 5.21. The quantitative estimate of drug-likeness (QED) is 0.690. The molecule has 1 saturated heterocycles. The highest BCUT2D eigenvalue weighted by Crippen LogP contribution is 2.34. The molecule has 4 rings (SSSR count). The Morgan fingerprint density at radius 2 is 2.00 bits per heavy atom. The fourth-order valence-corrected chi connectivity index (χ4v) is 3.77. The van der Waals surface area contributed by atoms with Gasteiger partial charge in [-0.05, 0) is 51.8 Å². The number of carbonyl (C=O) groups is 1. The number of benzene rings is 2. The first-order valence-electron chi connectivity index (χ1n) is 10.3. The molecule has 2 aromatic carbocycles. The van der Waals surface area contributed by atoms with E-state index in [-0.39, 0.29) is 23.6 Å². The highest BCUT2D eigenvalue weighted by Gasteiger charge is 2.26. The first kappa shape index (κ1) is 20.1. The van der Waals surface area contributed by atoms with Crippen LogP contribution in [0.1, 0.15) is 50.2 Å². The molecule has 1 aromatic heterocycles. The normalized spacial score (nSPS) is 19.4. The van der Waals surface area contributed by atoms with Crippen LogP contribution in [0.5, 0.6) is 0 Å². The molecule has 0 spiro atoms. The van der Waals surface area contributed by atoms with Crippen molar-refractivity contribution < 1.29 is 9.53 Å². The molecule has 6 nitrogen and oxygen atoms in total. The zero-order valence-corrected chi connectivity index (χ0v) is 17.6. The number of nitrogens with one attached hydrogen (secondary N) is 1. The maximum Gasteiger partial charge on any atom is 0.251 e. The monoisotopic (exact) mass is 402 g/mol. The average Bonchev–Trinajstić information content (AvgIpc) is 3.12. The summed E-state index contributed by atoms with van der Waals surface area (Å²) in [6.07, 6.45) is 1.35. The molecule has 2 heterocycles. The predicted molar refractivity (Wildman–Crippen MR) is 116 cm³/mol. The summed E-state index contributed by atoms with van der Waals surface area (Å²) in [6, 6.07) is 17.9. The van der Waals surface area contributed by atoms with E-state index in [2.05, 4.69) is 11.4 Å². The first-order chi connectivity index (χ1) is 14.4. The Morgan fingerprint density at radius 1 is 1.20 bits per heavy atom. The van der Waals surface area contributed by atoms with Crippen LogP contribution >= 0.6 is 0 Å². The largest absolute Gasteiger partial charge is 0.355 e.